The third kappa shape index (κ3) is 2.61. The molecule has 1 atom stereocenters. The highest BCUT2D eigenvalue weighted by molar-refractivity contribution is 6.47. The van der Waals surface area contributed by atoms with Crippen LogP contribution in [0.25, 0.3) is 0 Å². The summed E-state index contributed by atoms with van der Waals surface area (Å²) in [6.07, 6.45) is 1.69. The van der Waals surface area contributed by atoms with Crippen LogP contribution in [0.5, 0.6) is 5.88 Å². The molecule has 0 saturated carbocycles. The number of methoxy groups -OCH3 is 1. The van der Waals surface area contributed by atoms with Crippen molar-refractivity contribution in [1.29, 1.82) is 0 Å². The van der Waals surface area contributed by atoms with E-state index in [0.29, 0.717) is 5.88 Å². The molecule has 2 rings (SSSR count). The first kappa shape index (κ1) is 14.3. The first-order chi connectivity index (χ1) is 8.77. The second kappa shape index (κ2) is 4.78. The normalized spacial score (nSPS) is 22.3. The Bertz CT molecular complexity index is 432. The lowest BCUT2D eigenvalue weighted by Crippen LogP contribution is -2.41. The fourth-order valence-electron chi connectivity index (χ4n) is 1.90. The SMILES string of the molecule is COc1ccc([C@H](N)B2OC(C)(C)C(C)(C)O2)cn1. The molecule has 0 radical (unpaired) electrons. The number of hydrogen-bond acceptors (Lipinski definition) is 5. The molecule has 6 heteroatoms. The third-order valence-electron chi connectivity index (χ3n) is 3.92. The van der Waals surface area contributed by atoms with Crippen molar-refractivity contribution < 1.29 is 14.0 Å². The summed E-state index contributed by atoms with van der Waals surface area (Å²) >= 11 is 0. The van der Waals surface area contributed by atoms with Crippen LogP contribution in [0.2, 0.25) is 0 Å². The molecule has 1 aliphatic rings. The zero-order valence-corrected chi connectivity index (χ0v) is 12.1. The van der Waals surface area contributed by atoms with Crippen molar-refractivity contribution in [2.45, 2.75) is 44.8 Å². The summed E-state index contributed by atoms with van der Waals surface area (Å²) in [6, 6.07) is 3.65. The number of hydrogen-bond donors (Lipinski definition) is 1. The molecule has 0 amide bonds. The van der Waals surface area contributed by atoms with Gasteiger partial charge < -0.3 is 19.8 Å². The number of nitrogens with two attached hydrogens (primary N) is 1. The molecule has 0 aliphatic carbocycles. The summed E-state index contributed by atoms with van der Waals surface area (Å²) in [6.45, 7) is 8.02. The van der Waals surface area contributed by atoms with E-state index in [9.17, 15) is 0 Å². The number of aromatic nitrogens is 1. The highest BCUT2D eigenvalue weighted by Crippen LogP contribution is 2.39. The molecular weight excluding hydrogens is 243 g/mol. The van der Waals surface area contributed by atoms with Gasteiger partial charge in [-0.2, -0.15) is 0 Å². The molecule has 0 spiro atoms. The lowest BCUT2D eigenvalue weighted by Gasteiger charge is -2.32. The molecule has 2 heterocycles. The second-order valence-electron chi connectivity index (χ2n) is 5.78. The molecule has 104 valence electrons. The van der Waals surface area contributed by atoms with Crippen molar-refractivity contribution in [3.05, 3.63) is 23.9 Å². The van der Waals surface area contributed by atoms with Crippen LogP contribution < -0.4 is 10.5 Å². The number of pyridine rings is 1. The van der Waals surface area contributed by atoms with Gasteiger partial charge in [0.1, 0.15) is 0 Å². The molecule has 1 fully saturated rings. The first-order valence-corrected chi connectivity index (χ1v) is 6.38. The Morgan fingerprint density at radius 1 is 1.21 bits per heavy atom. The van der Waals surface area contributed by atoms with Crippen molar-refractivity contribution in [2.24, 2.45) is 5.73 Å². The first-order valence-electron chi connectivity index (χ1n) is 6.38. The van der Waals surface area contributed by atoms with Crippen molar-refractivity contribution in [2.75, 3.05) is 7.11 Å². The smallest absolute Gasteiger partial charge is 0.480 e. The third-order valence-corrected chi connectivity index (χ3v) is 3.92. The molecule has 0 unspecified atom stereocenters. The van der Waals surface area contributed by atoms with Crippen molar-refractivity contribution >= 4 is 7.12 Å². The topological polar surface area (TPSA) is 66.6 Å². The van der Waals surface area contributed by atoms with E-state index in [4.69, 9.17) is 19.8 Å². The Morgan fingerprint density at radius 2 is 1.79 bits per heavy atom. The Kier molecular flexibility index (Phi) is 3.60. The summed E-state index contributed by atoms with van der Waals surface area (Å²) in [5.41, 5.74) is 6.30. The van der Waals surface area contributed by atoms with Crippen LogP contribution in [-0.4, -0.2) is 30.4 Å². The van der Waals surface area contributed by atoms with Crippen LogP contribution in [0.1, 0.15) is 39.2 Å². The van der Waals surface area contributed by atoms with E-state index in [1.54, 1.807) is 19.4 Å². The minimum Gasteiger partial charge on any atom is -0.481 e. The van der Waals surface area contributed by atoms with Gasteiger partial charge in [0.15, 0.2) is 0 Å². The Labute approximate surface area is 114 Å². The summed E-state index contributed by atoms with van der Waals surface area (Å²) in [4.78, 5) is 4.15. The minimum absolute atomic E-state index is 0.376. The van der Waals surface area contributed by atoms with Crippen LogP contribution in [0, 0.1) is 0 Å². The zero-order valence-electron chi connectivity index (χ0n) is 12.1. The standard InChI is InChI=1S/C13H21BN2O3/c1-12(2)13(3,4)19-14(18-12)11(15)9-6-7-10(17-5)16-8-9/h6-8,11H,15H2,1-5H3/t11-/m0/s1. The molecule has 1 saturated heterocycles. The molecule has 0 bridgehead atoms. The monoisotopic (exact) mass is 264 g/mol. The highest BCUT2D eigenvalue weighted by atomic mass is 16.7. The number of ether oxygens (including phenoxy) is 1. The maximum Gasteiger partial charge on any atom is 0.480 e. The molecule has 0 aromatic carbocycles. The van der Waals surface area contributed by atoms with Crippen LogP contribution in [-0.2, 0) is 9.31 Å². The highest BCUT2D eigenvalue weighted by Gasteiger charge is 2.53. The summed E-state index contributed by atoms with van der Waals surface area (Å²) in [5, 5.41) is 0. The largest absolute Gasteiger partial charge is 0.481 e. The lowest BCUT2D eigenvalue weighted by molar-refractivity contribution is 0.00578. The summed E-state index contributed by atoms with van der Waals surface area (Å²) in [7, 11) is 1.11. The van der Waals surface area contributed by atoms with E-state index in [-0.39, 0.29) is 17.1 Å². The molecule has 1 aliphatic heterocycles. The van der Waals surface area contributed by atoms with Gasteiger partial charge in [0.05, 0.1) is 24.3 Å². The summed E-state index contributed by atoms with van der Waals surface area (Å²) < 4.78 is 16.9. The van der Waals surface area contributed by atoms with Gasteiger partial charge in [0.2, 0.25) is 5.88 Å². The predicted molar refractivity (Wildman–Crippen MR) is 73.8 cm³/mol. The van der Waals surface area contributed by atoms with Gasteiger partial charge in [0, 0.05) is 12.3 Å². The molecule has 1 aromatic heterocycles. The molecular formula is C13H21BN2O3. The van der Waals surface area contributed by atoms with E-state index in [0.717, 1.165) is 5.56 Å². The second-order valence-corrected chi connectivity index (χ2v) is 5.78. The van der Waals surface area contributed by atoms with Crippen molar-refractivity contribution in [3.8, 4) is 5.88 Å². The van der Waals surface area contributed by atoms with Crippen molar-refractivity contribution in [1.82, 2.24) is 4.98 Å². The molecule has 5 nitrogen and oxygen atoms in total. The zero-order chi connectivity index (χ0) is 14.3. The van der Waals surface area contributed by atoms with Crippen LogP contribution in [0.3, 0.4) is 0 Å². The maximum absolute atomic E-state index is 6.20. The maximum atomic E-state index is 6.20. The molecule has 19 heavy (non-hydrogen) atoms. The van der Waals surface area contributed by atoms with E-state index >= 15 is 0 Å². The molecule has 2 N–H and O–H groups in total. The van der Waals surface area contributed by atoms with Gasteiger partial charge in [-0.25, -0.2) is 4.98 Å². The number of rotatable bonds is 3. The fraction of sp³-hybridized carbons (Fsp3) is 0.615. The average molecular weight is 264 g/mol. The van der Waals surface area contributed by atoms with Gasteiger partial charge in [0.25, 0.3) is 0 Å². The molecule has 1 aromatic rings. The van der Waals surface area contributed by atoms with Gasteiger partial charge in [-0.1, -0.05) is 6.07 Å². The van der Waals surface area contributed by atoms with E-state index in [1.165, 1.54) is 0 Å². The van der Waals surface area contributed by atoms with Crippen LogP contribution in [0.4, 0.5) is 0 Å². The van der Waals surface area contributed by atoms with Gasteiger partial charge in [-0.05, 0) is 33.3 Å². The fourth-order valence-corrected chi connectivity index (χ4v) is 1.90. The average Bonchev–Trinajstić information content (AvgIpc) is 2.58. The quantitative estimate of drug-likeness (QED) is 0.842. The van der Waals surface area contributed by atoms with Crippen LogP contribution in [0.15, 0.2) is 18.3 Å². The Morgan fingerprint density at radius 3 is 2.21 bits per heavy atom. The van der Waals surface area contributed by atoms with Gasteiger partial charge >= 0.3 is 7.12 Å². The minimum atomic E-state index is -0.472. The Balaban J connectivity index is 2.14. The van der Waals surface area contributed by atoms with Gasteiger partial charge in [-0.15, -0.1) is 0 Å². The van der Waals surface area contributed by atoms with E-state index in [1.807, 2.05) is 33.8 Å². The van der Waals surface area contributed by atoms with Crippen LogP contribution >= 0.6 is 0 Å². The lowest BCUT2D eigenvalue weighted by atomic mass is 9.75. The van der Waals surface area contributed by atoms with Gasteiger partial charge in [-0.3, -0.25) is 0 Å². The number of nitrogens with zero attached hydrogens (tertiary/aromatic N) is 1. The Hall–Kier alpha value is -1.11. The summed E-state index contributed by atoms with van der Waals surface area (Å²) in [5.74, 6) is 0.185. The van der Waals surface area contributed by atoms with E-state index < -0.39 is 7.12 Å². The van der Waals surface area contributed by atoms with E-state index in [2.05, 4.69) is 4.98 Å². The predicted octanol–water partition coefficient (Wildman–Crippen LogP) is 1.72. The van der Waals surface area contributed by atoms with Crippen molar-refractivity contribution in [3.63, 3.8) is 0 Å².